The van der Waals surface area contributed by atoms with Gasteiger partial charge in [0.25, 0.3) is 0 Å². The van der Waals surface area contributed by atoms with Crippen molar-refractivity contribution in [2.75, 3.05) is 13.1 Å². The van der Waals surface area contributed by atoms with E-state index in [4.69, 9.17) is 9.47 Å². The third kappa shape index (κ3) is 5.09. The van der Waals surface area contributed by atoms with Gasteiger partial charge in [-0.2, -0.15) is 5.26 Å². The number of carbonyl (C=O) groups is 1. The molecule has 162 valence electrons. The molecule has 1 aliphatic rings. The van der Waals surface area contributed by atoms with E-state index in [1.165, 1.54) is 0 Å². The van der Waals surface area contributed by atoms with E-state index in [1.807, 2.05) is 54.6 Å². The maximum Gasteiger partial charge on any atom is 0.415 e. The lowest BCUT2D eigenvalue weighted by Gasteiger charge is -2.26. The van der Waals surface area contributed by atoms with Crippen LogP contribution in [0.5, 0.6) is 11.5 Å². The molecule has 0 spiro atoms. The summed E-state index contributed by atoms with van der Waals surface area (Å²) in [5.74, 6) is 0.826. The monoisotopic (exact) mass is 491 g/mol. The molecule has 0 N–H and O–H groups in total. The fourth-order valence-corrected chi connectivity index (χ4v) is 4.06. The zero-order chi connectivity index (χ0) is 22.3. The molecule has 2 heterocycles. The molecule has 2 aromatic carbocycles. The Balaban J connectivity index is 1.63. The van der Waals surface area contributed by atoms with E-state index < -0.39 is 6.09 Å². The second kappa shape index (κ2) is 10.3. The van der Waals surface area contributed by atoms with Gasteiger partial charge in [-0.05, 0) is 52.9 Å². The molecule has 1 aromatic heterocycles. The Morgan fingerprint density at radius 2 is 1.75 bits per heavy atom. The SMILES string of the molecule is N#Cc1c(OC(=O)N2CCCCC2)cc(-c2ccccc2OCc2ccccc2)nc1Br. The van der Waals surface area contributed by atoms with Crippen LogP contribution in [0.4, 0.5) is 4.79 Å². The highest BCUT2D eigenvalue weighted by atomic mass is 79.9. The summed E-state index contributed by atoms with van der Waals surface area (Å²) in [6, 6.07) is 21.1. The summed E-state index contributed by atoms with van der Waals surface area (Å²) in [4.78, 5) is 18.9. The minimum absolute atomic E-state index is 0.179. The second-order valence-corrected chi connectivity index (χ2v) is 8.22. The van der Waals surface area contributed by atoms with Crippen molar-refractivity contribution in [1.29, 1.82) is 5.26 Å². The van der Waals surface area contributed by atoms with Crippen LogP contribution in [0.2, 0.25) is 0 Å². The normalized spacial score (nSPS) is 13.3. The van der Waals surface area contributed by atoms with Gasteiger partial charge >= 0.3 is 6.09 Å². The van der Waals surface area contributed by atoms with Gasteiger partial charge in [0, 0.05) is 24.7 Å². The molecule has 0 saturated carbocycles. The molecule has 3 aromatic rings. The fraction of sp³-hybridized carbons (Fsp3) is 0.240. The van der Waals surface area contributed by atoms with Gasteiger partial charge in [-0.3, -0.25) is 0 Å². The predicted molar refractivity (Wildman–Crippen MR) is 124 cm³/mol. The van der Waals surface area contributed by atoms with Gasteiger partial charge in [0.1, 0.15) is 28.6 Å². The minimum atomic E-state index is -0.445. The van der Waals surface area contributed by atoms with Gasteiger partial charge in [-0.15, -0.1) is 0 Å². The van der Waals surface area contributed by atoms with E-state index in [9.17, 15) is 10.1 Å². The molecule has 0 unspecified atom stereocenters. The van der Waals surface area contributed by atoms with Crippen LogP contribution in [-0.4, -0.2) is 29.1 Å². The Morgan fingerprint density at radius 3 is 2.50 bits per heavy atom. The van der Waals surface area contributed by atoms with Gasteiger partial charge in [0.15, 0.2) is 5.75 Å². The summed E-state index contributed by atoms with van der Waals surface area (Å²) in [7, 11) is 0. The lowest BCUT2D eigenvalue weighted by molar-refractivity contribution is 0.142. The highest BCUT2D eigenvalue weighted by Gasteiger charge is 2.22. The topological polar surface area (TPSA) is 75.5 Å². The standard InChI is InChI=1S/C25H22BrN3O3/c26-24-20(16-27)23(32-25(30)29-13-7-2-8-14-29)15-21(28-24)19-11-5-6-12-22(19)31-17-18-9-3-1-4-10-18/h1,3-6,9-12,15H,2,7-8,13-14,17H2. The molecule has 6 nitrogen and oxygen atoms in total. The number of nitrogens with zero attached hydrogens (tertiary/aromatic N) is 3. The predicted octanol–water partition coefficient (Wildman–Crippen LogP) is 5.95. The van der Waals surface area contributed by atoms with Gasteiger partial charge in [-0.25, -0.2) is 9.78 Å². The summed E-state index contributed by atoms with van der Waals surface area (Å²) in [6.45, 7) is 1.73. The molecular formula is C25H22BrN3O3. The maximum absolute atomic E-state index is 12.7. The molecule has 0 bridgehead atoms. The van der Waals surface area contributed by atoms with E-state index in [-0.39, 0.29) is 11.3 Å². The van der Waals surface area contributed by atoms with Crippen molar-refractivity contribution in [2.45, 2.75) is 25.9 Å². The summed E-state index contributed by atoms with van der Waals surface area (Å²) in [5.41, 5.74) is 2.51. The van der Waals surface area contributed by atoms with Crippen LogP contribution in [0.15, 0.2) is 65.3 Å². The Kier molecular flexibility index (Phi) is 7.03. The van der Waals surface area contributed by atoms with Crippen LogP contribution < -0.4 is 9.47 Å². The number of likely N-dealkylation sites (tertiary alicyclic amines) is 1. The van der Waals surface area contributed by atoms with Crippen LogP contribution in [0.1, 0.15) is 30.4 Å². The van der Waals surface area contributed by atoms with E-state index in [0.29, 0.717) is 35.7 Å². The lowest BCUT2D eigenvalue weighted by Crippen LogP contribution is -2.37. The van der Waals surface area contributed by atoms with E-state index in [2.05, 4.69) is 27.0 Å². The number of carbonyl (C=O) groups excluding carboxylic acids is 1. The van der Waals surface area contributed by atoms with Gasteiger partial charge < -0.3 is 14.4 Å². The molecule has 32 heavy (non-hydrogen) atoms. The minimum Gasteiger partial charge on any atom is -0.488 e. The summed E-state index contributed by atoms with van der Waals surface area (Å²) in [6.07, 6.45) is 2.58. The zero-order valence-electron chi connectivity index (χ0n) is 17.5. The number of pyridine rings is 1. The average molecular weight is 492 g/mol. The van der Waals surface area contributed by atoms with Crippen molar-refractivity contribution in [2.24, 2.45) is 0 Å². The molecule has 4 rings (SSSR count). The Hall–Kier alpha value is -3.37. The first-order chi connectivity index (χ1) is 15.7. The van der Waals surface area contributed by atoms with Crippen molar-refractivity contribution in [3.05, 3.63) is 76.4 Å². The Labute approximate surface area is 195 Å². The molecule has 0 radical (unpaired) electrons. The fourth-order valence-electron chi connectivity index (χ4n) is 3.59. The third-order valence-electron chi connectivity index (χ3n) is 5.26. The van der Waals surface area contributed by atoms with E-state index >= 15 is 0 Å². The molecular weight excluding hydrogens is 470 g/mol. The lowest BCUT2D eigenvalue weighted by atomic mass is 10.1. The first-order valence-electron chi connectivity index (χ1n) is 10.5. The third-order valence-corrected chi connectivity index (χ3v) is 5.84. The van der Waals surface area contributed by atoms with E-state index in [0.717, 1.165) is 30.4 Å². The first kappa shape index (κ1) is 21.8. The Bertz CT molecular complexity index is 1140. The van der Waals surface area contributed by atoms with Crippen LogP contribution in [0, 0.1) is 11.3 Å². The van der Waals surface area contributed by atoms with Crippen molar-refractivity contribution in [3.8, 4) is 28.8 Å². The number of benzene rings is 2. The molecule has 1 amide bonds. The Morgan fingerprint density at radius 1 is 1.03 bits per heavy atom. The summed E-state index contributed by atoms with van der Waals surface area (Å²) < 4.78 is 12.0. The van der Waals surface area contributed by atoms with Crippen molar-refractivity contribution < 1.29 is 14.3 Å². The average Bonchev–Trinajstić information content (AvgIpc) is 2.84. The largest absolute Gasteiger partial charge is 0.488 e. The second-order valence-electron chi connectivity index (χ2n) is 7.47. The first-order valence-corrected chi connectivity index (χ1v) is 11.3. The van der Waals surface area contributed by atoms with Gasteiger partial charge in [0.2, 0.25) is 0 Å². The number of hydrogen-bond donors (Lipinski definition) is 0. The quantitative estimate of drug-likeness (QED) is 0.412. The molecule has 1 aliphatic heterocycles. The number of halogens is 1. The van der Waals surface area contributed by atoms with Crippen LogP contribution in [0.25, 0.3) is 11.3 Å². The maximum atomic E-state index is 12.7. The molecule has 0 atom stereocenters. The van der Waals surface area contributed by atoms with Crippen LogP contribution >= 0.6 is 15.9 Å². The smallest absolute Gasteiger partial charge is 0.415 e. The van der Waals surface area contributed by atoms with Crippen LogP contribution in [0.3, 0.4) is 0 Å². The van der Waals surface area contributed by atoms with Gasteiger partial charge in [-0.1, -0.05) is 42.5 Å². The number of aromatic nitrogens is 1. The van der Waals surface area contributed by atoms with Crippen molar-refractivity contribution >= 4 is 22.0 Å². The number of nitriles is 1. The number of ether oxygens (including phenoxy) is 2. The molecule has 1 fully saturated rings. The molecule has 1 saturated heterocycles. The summed E-state index contributed by atoms with van der Waals surface area (Å²) >= 11 is 3.36. The molecule has 0 aliphatic carbocycles. The highest BCUT2D eigenvalue weighted by Crippen LogP contribution is 2.35. The number of rotatable bonds is 5. The molecule has 7 heteroatoms. The van der Waals surface area contributed by atoms with Crippen LogP contribution in [-0.2, 0) is 6.61 Å². The van der Waals surface area contributed by atoms with Crippen molar-refractivity contribution in [3.63, 3.8) is 0 Å². The summed E-state index contributed by atoms with van der Waals surface area (Å²) in [5, 5.41) is 9.60. The van der Waals surface area contributed by atoms with Crippen molar-refractivity contribution in [1.82, 2.24) is 9.88 Å². The number of piperidine rings is 1. The number of amides is 1. The van der Waals surface area contributed by atoms with Gasteiger partial charge in [0.05, 0.1) is 5.69 Å². The number of para-hydroxylation sites is 1. The van der Waals surface area contributed by atoms with E-state index in [1.54, 1.807) is 11.0 Å². The highest BCUT2D eigenvalue weighted by molar-refractivity contribution is 9.10. The number of hydrogen-bond acceptors (Lipinski definition) is 5. The zero-order valence-corrected chi connectivity index (χ0v) is 19.0.